The zero-order valence-electron chi connectivity index (χ0n) is 12.6. The summed E-state index contributed by atoms with van der Waals surface area (Å²) in [6.07, 6.45) is 1.93. The summed E-state index contributed by atoms with van der Waals surface area (Å²) < 4.78 is 0. The van der Waals surface area contributed by atoms with Crippen LogP contribution < -0.4 is 11.5 Å². The molecule has 2 heteroatoms. The van der Waals surface area contributed by atoms with Gasteiger partial charge < -0.3 is 11.5 Å². The first kappa shape index (κ1) is 14.4. The molecule has 106 valence electrons. The lowest BCUT2D eigenvalue weighted by atomic mass is 9.89. The summed E-state index contributed by atoms with van der Waals surface area (Å²) in [5.74, 6) is 0.354. The molecule has 0 aliphatic heterocycles. The van der Waals surface area contributed by atoms with Gasteiger partial charge in [-0.25, -0.2) is 0 Å². The summed E-state index contributed by atoms with van der Waals surface area (Å²) in [6, 6.07) is 12.7. The van der Waals surface area contributed by atoms with Gasteiger partial charge in [-0.15, -0.1) is 0 Å². The molecule has 0 fully saturated rings. The molecule has 0 heterocycles. The Labute approximate surface area is 121 Å². The second-order valence-corrected chi connectivity index (χ2v) is 5.35. The van der Waals surface area contributed by atoms with Crippen molar-refractivity contribution >= 4 is 11.4 Å². The van der Waals surface area contributed by atoms with Gasteiger partial charge in [-0.3, -0.25) is 0 Å². The molecule has 0 saturated carbocycles. The van der Waals surface area contributed by atoms with Crippen molar-refractivity contribution in [1.82, 2.24) is 0 Å². The van der Waals surface area contributed by atoms with Crippen molar-refractivity contribution in [3.05, 3.63) is 58.7 Å². The van der Waals surface area contributed by atoms with Gasteiger partial charge in [-0.05, 0) is 47.2 Å². The summed E-state index contributed by atoms with van der Waals surface area (Å²) in [6.45, 7) is 6.51. The van der Waals surface area contributed by atoms with Gasteiger partial charge in [0.1, 0.15) is 0 Å². The van der Waals surface area contributed by atoms with Crippen LogP contribution in [0.5, 0.6) is 0 Å². The molecule has 0 saturated heterocycles. The van der Waals surface area contributed by atoms with Crippen LogP contribution in [0.1, 0.15) is 48.9 Å². The molecule has 0 amide bonds. The number of nitrogens with two attached hydrogens (primary N) is 2. The van der Waals surface area contributed by atoms with Gasteiger partial charge in [0.25, 0.3) is 0 Å². The third kappa shape index (κ3) is 2.79. The Bertz CT molecular complexity index is 549. The van der Waals surface area contributed by atoms with E-state index < -0.39 is 0 Å². The molecule has 2 nitrogen and oxygen atoms in total. The fraction of sp³-hybridized carbons (Fsp3) is 0.333. The Morgan fingerprint density at radius 1 is 0.800 bits per heavy atom. The highest BCUT2D eigenvalue weighted by Gasteiger charge is 2.11. The fourth-order valence-corrected chi connectivity index (χ4v) is 2.59. The van der Waals surface area contributed by atoms with Gasteiger partial charge in [0.2, 0.25) is 0 Å². The number of benzene rings is 2. The molecule has 2 rings (SSSR count). The van der Waals surface area contributed by atoms with Crippen LogP contribution in [0.3, 0.4) is 0 Å². The summed E-state index contributed by atoms with van der Waals surface area (Å²) in [7, 11) is 0. The van der Waals surface area contributed by atoms with Crippen LogP contribution in [0, 0.1) is 0 Å². The van der Waals surface area contributed by atoms with Crippen molar-refractivity contribution in [1.29, 1.82) is 0 Å². The minimum absolute atomic E-state index is 0.354. The molecule has 0 spiro atoms. The molecule has 20 heavy (non-hydrogen) atoms. The van der Waals surface area contributed by atoms with E-state index in [1.54, 1.807) is 0 Å². The van der Waals surface area contributed by atoms with Gasteiger partial charge in [0.05, 0.1) is 0 Å². The van der Waals surface area contributed by atoms with Crippen LogP contribution in [0.15, 0.2) is 36.4 Å². The number of aryl methyl sites for hydroxylation is 2. The standard InChI is InChI=1S/C18H24N2/c1-4-13-10-15(6-8-17(13)19)12(3)16-7-9-18(20)14(5-2)11-16/h6-12H,4-5,19-20H2,1-3H3. The van der Waals surface area contributed by atoms with E-state index >= 15 is 0 Å². The molecule has 0 bridgehead atoms. The number of hydrogen-bond donors (Lipinski definition) is 2. The molecular weight excluding hydrogens is 244 g/mol. The molecule has 0 aliphatic carbocycles. The molecule has 0 aromatic heterocycles. The van der Waals surface area contributed by atoms with Crippen molar-refractivity contribution in [3.8, 4) is 0 Å². The largest absolute Gasteiger partial charge is 0.399 e. The quantitative estimate of drug-likeness (QED) is 0.819. The van der Waals surface area contributed by atoms with Gasteiger partial charge in [0.15, 0.2) is 0 Å². The molecule has 0 atom stereocenters. The smallest absolute Gasteiger partial charge is 0.0346 e. The average molecular weight is 268 g/mol. The predicted molar refractivity (Wildman–Crippen MR) is 88.0 cm³/mol. The Hall–Kier alpha value is -1.96. The lowest BCUT2D eigenvalue weighted by Gasteiger charge is -2.16. The van der Waals surface area contributed by atoms with Gasteiger partial charge in [-0.1, -0.05) is 45.0 Å². The fourth-order valence-electron chi connectivity index (χ4n) is 2.59. The zero-order valence-corrected chi connectivity index (χ0v) is 12.6. The van der Waals surface area contributed by atoms with E-state index in [9.17, 15) is 0 Å². The summed E-state index contributed by atoms with van der Waals surface area (Å²) >= 11 is 0. The average Bonchev–Trinajstić information content (AvgIpc) is 2.47. The first-order valence-electron chi connectivity index (χ1n) is 7.33. The highest BCUT2D eigenvalue weighted by molar-refractivity contribution is 5.53. The molecule has 0 radical (unpaired) electrons. The Balaban J connectivity index is 2.38. The first-order valence-corrected chi connectivity index (χ1v) is 7.33. The zero-order chi connectivity index (χ0) is 14.7. The molecule has 0 aliphatic rings. The Kier molecular flexibility index (Phi) is 4.33. The monoisotopic (exact) mass is 268 g/mol. The van der Waals surface area contributed by atoms with Gasteiger partial charge in [0, 0.05) is 17.3 Å². The van der Waals surface area contributed by atoms with E-state index in [0.29, 0.717) is 5.92 Å². The number of hydrogen-bond acceptors (Lipinski definition) is 2. The van der Waals surface area contributed by atoms with E-state index in [1.807, 2.05) is 12.1 Å². The highest BCUT2D eigenvalue weighted by Crippen LogP contribution is 2.29. The lowest BCUT2D eigenvalue weighted by Crippen LogP contribution is -2.02. The maximum Gasteiger partial charge on any atom is 0.0346 e. The van der Waals surface area contributed by atoms with Crippen molar-refractivity contribution in [2.75, 3.05) is 11.5 Å². The van der Waals surface area contributed by atoms with Crippen molar-refractivity contribution < 1.29 is 0 Å². The van der Waals surface area contributed by atoms with E-state index in [4.69, 9.17) is 11.5 Å². The minimum atomic E-state index is 0.354. The Morgan fingerprint density at radius 2 is 1.20 bits per heavy atom. The third-order valence-corrected chi connectivity index (χ3v) is 4.10. The van der Waals surface area contributed by atoms with Crippen LogP contribution in [-0.4, -0.2) is 0 Å². The van der Waals surface area contributed by atoms with Crippen LogP contribution in [-0.2, 0) is 12.8 Å². The maximum atomic E-state index is 5.99. The molecular formula is C18H24N2. The van der Waals surface area contributed by atoms with Gasteiger partial charge in [-0.2, -0.15) is 0 Å². The maximum absolute atomic E-state index is 5.99. The van der Waals surface area contributed by atoms with Crippen molar-refractivity contribution in [2.24, 2.45) is 0 Å². The van der Waals surface area contributed by atoms with E-state index in [-0.39, 0.29) is 0 Å². The van der Waals surface area contributed by atoms with Crippen molar-refractivity contribution in [2.45, 2.75) is 39.5 Å². The minimum Gasteiger partial charge on any atom is -0.399 e. The van der Waals surface area contributed by atoms with Crippen molar-refractivity contribution in [3.63, 3.8) is 0 Å². The van der Waals surface area contributed by atoms with Crippen LogP contribution in [0.4, 0.5) is 11.4 Å². The second kappa shape index (κ2) is 6.00. The van der Waals surface area contributed by atoms with E-state index in [2.05, 4.69) is 45.0 Å². The normalized spacial score (nSPS) is 11.0. The topological polar surface area (TPSA) is 52.0 Å². The molecule has 2 aromatic rings. The van der Waals surface area contributed by atoms with E-state index in [1.165, 1.54) is 22.3 Å². The van der Waals surface area contributed by atoms with E-state index in [0.717, 1.165) is 24.2 Å². The highest BCUT2D eigenvalue weighted by atomic mass is 14.6. The lowest BCUT2D eigenvalue weighted by molar-refractivity contribution is 0.911. The molecule has 4 N–H and O–H groups in total. The van der Waals surface area contributed by atoms with Gasteiger partial charge >= 0.3 is 0 Å². The summed E-state index contributed by atoms with van der Waals surface area (Å²) in [5, 5.41) is 0. The van der Waals surface area contributed by atoms with Crippen LogP contribution in [0.2, 0.25) is 0 Å². The summed E-state index contributed by atoms with van der Waals surface area (Å²) in [4.78, 5) is 0. The second-order valence-electron chi connectivity index (χ2n) is 5.35. The first-order chi connectivity index (χ1) is 9.56. The number of rotatable bonds is 4. The number of anilines is 2. The summed E-state index contributed by atoms with van der Waals surface area (Å²) in [5.41, 5.74) is 18.8. The molecule has 2 aromatic carbocycles. The predicted octanol–water partition coefficient (Wildman–Crippen LogP) is 4.13. The van der Waals surface area contributed by atoms with Crippen LogP contribution >= 0.6 is 0 Å². The number of nitrogen functional groups attached to an aromatic ring is 2. The molecule has 0 unspecified atom stereocenters. The SMILES string of the molecule is CCc1cc(C(C)c2ccc(N)c(CC)c2)ccc1N. The Morgan fingerprint density at radius 3 is 1.55 bits per heavy atom. The van der Waals surface area contributed by atoms with Crippen LogP contribution in [0.25, 0.3) is 0 Å². The third-order valence-electron chi connectivity index (χ3n) is 4.10.